The highest BCUT2D eigenvalue weighted by atomic mass is 16.5. The fraction of sp³-hybridized carbons (Fsp3) is 0.464. The number of hydrogen-bond acceptors (Lipinski definition) is 6. The number of nitrogens with zero attached hydrogens (tertiary/aromatic N) is 1. The molecular weight excluding hydrogens is 474 g/mol. The minimum absolute atomic E-state index is 0.0143. The monoisotopic (exact) mass is 507 g/mol. The lowest BCUT2D eigenvalue weighted by Gasteiger charge is -2.42. The third-order valence-corrected chi connectivity index (χ3v) is 7.30. The van der Waals surface area contributed by atoms with Gasteiger partial charge in [-0.3, -0.25) is 14.4 Å². The van der Waals surface area contributed by atoms with E-state index in [1.165, 1.54) is 12.8 Å². The number of likely N-dealkylation sites (N-methyl/N-ethyl adjacent to an activating group) is 1. The molecule has 0 spiro atoms. The zero-order chi connectivity index (χ0) is 25.9. The van der Waals surface area contributed by atoms with E-state index in [0.29, 0.717) is 47.1 Å². The van der Waals surface area contributed by atoms with E-state index in [9.17, 15) is 14.4 Å². The van der Waals surface area contributed by atoms with Crippen LogP contribution < -0.4 is 20.1 Å². The normalized spacial score (nSPS) is 23.0. The lowest BCUT2D eigenvalue weighted by molar-refractivity contribution is -0.134. The quantitative estimate of drug-likeness (QED) is 0.596. The van der Waals surface area contributed by atoms with E-state index >= 15 is 0 Å². The van der Waals surface area contributed by atoms with Crippen LogP contribution in [0.5, 0.6) is 11.5 Å². The summed E-state index contributed by atoms with van der Waals surface area (Å²) in [6.45, 7) is 1.02. The van der Waals surface area contributed by atoms with E-state index < -0.39 is 0 Å². The first kappa shape index (κ1) is 25.1. The second-order valence-corrected chi connectivity index (χ2v) is 10.0. The van der Waals surface area contributed by atoms with Crippen LogP contribution in [0, 0.1) is 5.92 Å². The molecule has 0 unspecified atom stereocenters. The molecule has 0 aromatic heterocycles. The van der Waals surface area contributed by atoms with Crippen LogP contribution in [0.3, 0.4) is 0 Å². The lowest BCUT2D eigenvalue weighted by Crippen LogP contribution is -2.54. The van der Waals surface area contributed by atoms with Gasteiger partial charge in [0.1, 0.15) is 24.2 Å². The maximum Gasteiger partial charge on any atom is 0.257 e. The minimum Gasteiger partial charge on any atom is -0.497 e. The first-order valence-electron chi connectivity index (χ1n) is 12.8. The van der Waals surface area contributed by atoms with Crippen molar-refractivity contribution in [2.75, 3.05) is 32.6 Å². The lowest BCUT2D eigenvalue weighted by atomic mass is 9.94. The predicted molar refractivity (Wildman–Crippen MR) is 137 cm³/mol. The number of amides is 3. The van der Waals surface area contributed by atoms with Crippen LogP contribution in [0.2, 0.25) is 0 Å². The average Bonchev–Trinajstić information content (AvgIpc) is 3.74. The third kappa shape index (κ3) is 5.88. The maximum absolute atomic E-state index is 13.4. The number of ether oxygens (including phenoxy) is 3. The molecule has 2 aromatic rings. The van der Waals surface area contributed by atoms with E-state index in [4.69, 9.17) is 14.2 Å². The molecule has 0 radical (unpaired) electrons. The Kier molecular flexibility index (Phi) is 7.32. The Hall–Kier alpha value is -3.59. The van der Waals surface area contributed by atoms with Gasteiger partial charge in [-0.05, 0) is 68.0 Å². The SMILES string of the molecule is COc1cccc(C(=O)Nc2ccc3c(c2)C(=O)N(C)[C@@H]2CC[C@H](CC(=O)NCC4CC4)O[C@@H]2CO3)c1. The number of rotatable bonds is 7. The Morgan fingerprint density at radius 1 is 1.11 bits per heavy atom. The van der Waals surface area contributed by atoms with Crippen LogP contribution in [0.1, 0.15) is 52.8 Å². The van der Waals surface area contributed by atoms with Crippen molar-refractivity contribution in [3.05, 3.63) is 53.6 Å². The highest BCUT2D eigenvalue weighted by Gasteiger charge is 2.39. The summed E-state index contributed by atoms with van der Waals surface area (Å²) < 4.78 is 17.5. The van der Waals surface area contributed by atoms with Crippen LogP contribution in [0.4, 0.5) is 5.69 Å². The van der Waals surface area contributed by atoms with E-state index in [-0.39, 0.29) is 42.6 Å². The number of fused-ring (bicyclic) bond motifs is 2. The van der Waals surface area contributed by atoms with Crippen molar-refractivity contribution in [3.8, 4) is 11.5 Å². The van der Waals surface area contributed by atoms with Gasteiger partial charge in [0.15, 0.2) is 0 Å². The maximum atomic E-state index is 13.4. The zero-order valence-corrected chi connectivity index (χ0v) is 21.2. The van der Waals surface area contributed by atoms with Crippen LogP contribution in [-0.4, -0.2) is 68.2 Å². The van der Waals surface area contributed by atoms with Gasteiger partial charge in [0.2, 0.25) is 5.91 Å². The summed E-state index contributed by atoms with van der Waals surface area (Å²) in [5.74, 6) is 1.16. The fourth-order valence-corrected chi connectivity index (χ4v) is 4.93. The van der Waals surface area contributed by atoms with Crippen molar-refractivity contribution in [3.63, 3.8) is 0 Å². The molecule has 37 heavy (non-hydrogen) atoms. The fourth-order valence-electron chi connectivity index (χ4n) is 4.93. The molecule has 9 nitrogen and oxygen atoms in total. The highest BCUT2D eigenvalue weighted by molar-refractivity contribution is 6.05. The molecule has 2 aliphatic heterocycles. The highest BCUT2D eigenvalue weighted by Crippen LogP contribution is 2.33. The summed E-state index contributed by atoms with van der Waals surface area (Å²) in [6.07, 6.45) is 3.60. The number of anilines is 1. The number of hydrogen-bond donors (Lipinski definition) is 2. The van der Waals surface area contributed by atoms with Gasteiger partial charge in [-0.15, -0.1) is 0 Å². The molecule has 2 fully saturated rings. The van der Waals surface area contributed by atoms with Crippen LogP contribution in [0.15, 0.2) is 42.5 Å². The summed E-state index contributed by atoms with van der Waals surface area (Å²) in [7, 11) is 3.31. The molecule has 2 aromatic carbocycles. The molecule has 3 amide bonds. The summed E-state index contributed by atoms with van der Waals surface area (Å²) in [5, 5.41) is 5.85. The molecule has 2 heterocycles. The van der Waals surface area contributed by atoms with Gasteiger partial charge in [0.05, 0.1) is 31.2 Å². The second kappa shape index (κ2) is 10.8. The number of benzene rings is 2. The second-order valence-electron chi connectivity index (χ2n) is 10.0. The van der Waals surface area contributed by atoms with Gasteiger partial charge in [-0.1, -0.05) is 6.07 Å². The molecule has 3 atom stereocenters. The van der Waals surface area contributed by atoms with E-state index in [0.717, 1.165) is 13.0 Å². The first-order chi connectivity index (χ1) is 17.9. The number of methoxy groups -OCH3 is 1. The Balaban J connectivity index is 1.25. The van der Waals surface area contributed by atoms with Gasteiger partial charge in [0, 0.05) is 24.8 Å². The molecule has 0 bridgehead atoms. The molecule has 9 heteroatoms. The molecule has 1 saturated carbocycles. The Morgan fingerprint density at radius 2 is 1.95 bits per heavy atom. The standard InChI is InChI=1S/C28H33N3O6/c1-31-23-10-9-21(14-26(32)29-15-17-6-7-17)37-25(23)16-36-24-11-8-19(13-22(24)28(31)34)30-27(33)18-4-3-5-20(12-18)35-2/h3-5,8,11-13,17,21,23,25H,6-7,9-10,14-16H2,1-2H3,(H,29,32)(H,30,33)/t21-,23-,25-/m1/s1. The van der Waals surface area contributed by atoms with Crippen LogP contribution in [-0.2, 0) is 9.53 Å². The van der Waals surface area contributed by atoms with Crippen molar-refractivity contribution in [1.82, 2.24) is 10.2 Å². The van der Waals surface area contributed by atoms with Crippen molar-refractivity contribution in [2.24, 2.45) is 5.92 Å². The number of carbonyl (C=O) groups is 3. The summed E-state index contributed by atoms with van der Waals surface area (Å²) in [4.78, 5) is 40.2. The molecule has 2 N–H and O–H groups in total. The van der Waals surface area contributed by atoms with Crippen molar-refractivity contribution >= 4 is 23.4 Å². The van der Waals surface area contributed by atoms with E-state index in [1.807, 2.05) is 0 Å². The molecule has 3 aliphatic rings. The first-order valence-corrected chi connectivity index (χ1v) is 12.8. The summed E-state index contributed by atoms with van der Waals surface area (Å²) >= 11 is 0. The Labute approximate surface area is 216 Å². The number of nitrogens with one attached hydrogen (secondary N) is 2. The average molecular weight is 508 g/mol. The van der Waals surface area contributed by atoms with Crippen molar-refractivity contribution < 1.29 is 28.6 Å². The molecular formula is C28H33N3O6. The Bertz CT molecular complexity index is 1180. The van der Waals surface area contributed by atoms with Gasteiger partial charge < -0.3 is 29.7 Å². The minimum atomic E-state index is -0.329. The van der Waals surface area contributed by atoms with Crippen molar-refractivity contribution in [1.29, 1.82) is 0 Å². The Morgan fingerprint density at radius 3 is 2.73 bits per heavy atom. The van der Waals surface area contributed by atoms with Crippen LogP contribution >= 0.6 is 0 Å². The van der Waals surface area contributed by atoms with E-state index in [2.05, 4.69) is 10.6 Å². The van der Waals surface area contributed by atoms with Gasteiger partial charge in [-0.25, -0.2) is 0 Å². The molecule has 1 saturated heterocycles. The molecule has 5 rings (SSSR count). The molecule has 1 aliphatic carbocycles. The van der Waals surface area contributed by atoms with Gasteiger partial charge in [0.25, 0.3) is 11.8 Å². The summed E-state index contributed by atoms with van der Waals surface area (Å²) in [5.41, 5.74) is 1.32. The largest absolute Gasteiger partial charge is 0.497 e. The predicted octanol–water partition coefficient (Wildman–Crippen LogP) is 3.24. The van der Waals surface area contributed by atoms with Gasteiger partial charge >= 0.3 is 0 Å². The number of carbonyl (C=O) groups excluding carboxylic acids is 3. The molecule has 196 valence electrons. The summed E-state index contributed by atoms with van der Waals surface area (Å²) in [6, 6.07) is 11.7. The smallest absolute Gasteiger partial charge is 0.257 e. The van der Waals surface area contributed by atoms with Crippen LogP contribution in [0.25, 0.3) is 0 Å². The van der Waals surface area contributed by atoms with E-state index in [1.54, 1.807) is 61.5 Å². The zero-order valence-electron chi connectivity index (χ0n) is 21.2. The van der Waals surface area contributed by atoms with Crippen molar-refractivity contribution in [2.45, 2.75) is 50.4 Å². The topological polar surface area (TPSA) is 106 Å². The third-order valence-electron chi connectivity index (χ3n) is 7.30. The van der Waals surface area contributed by atoms with Gasteiger partial charge in [-0.2, -0.15) is 0 Å².